The molecule has 3 fully saturated rings. The van der Waals surface area contributed by atoms with Gasteiger partial charge in [0.15, 0.2) is 5.78 Å². The van der Waals surface area contributed by atoms with E-state index in [2.05, 4.69) is 13.5 Å². The second-order valence-corrected chi connectivity index (χ2v) is 17.0. The maximum atomic E-state index is 14.2. The molecule has 0 aromatic carbocycles. The predicted octanol–water partition coefficient (Wildman–Crippen LogP) is 5.04. The molecule has 1 saturated carbocycles. The smallest absolute Gasteiger partial charge is 0.329 e. The second-order valence-electron chi connectivity index (χ2n) is 17.0. The summed E-state index contributed by atoms with van der Waals surface area (Å²) in [5.41, 5.74) is 1.74. The molecule has 13 atom stereocenters. The summed E-state index contributed by atoms with van der Waals surface area (Å²) in [4.78, 5) is 57.6. The fraction of sp³-hybridized carbons (Fsp3) is 0.727. The van der Waals surface area contributed by atoms with Crippen LogP contribution in [0, 0.1) is 35.5 Å². The number of ketones is 2. The van der Waals surface area contributed by atoms with Crippen LogP contribution in [0.3, 0.4) is 0 Å². The van der Waals surface area contributed by atoms with E-state index in [-0.39, 0.29) is 49.5 Å². The lowest BCUT2D eigenvalue weighted by Gasteiger charge is -2.47. The Bertz CT molecular complexity index is 1490. The molecule has 12 nitrogen and oxygen atoms in total. The quantitative estimate of drug-likeness (QED) is 0.180. The number of fused-ring (bicyclic) bond motifs is 3. The maximum Gasteiger partial charge on any atom is 0.329 e. The monoisotopic (exact) mass is 785 g/mol. The van der Waals surface area contributed by atoms with Gasteiger partial charge in [0.05, 0.1) is 18.3 Å². The lowest BCUT2D eigenvalue weighted by atomic mass is 9.78. The Morgan fingerprint density at radius 2 is 1.73 bits per heavy atom. The van der Waals surface area contributed by atoms with Gasteiger partial charge in [-0.25, -0.2) is 4.79 Å². The van der Waals surface area contributed by atoms with Crippen molar-refractivity contribution in [2.24, 2.45) is 35.5 Å². The van der Waals surface area contributed by atoms with E-state index in [0.29, 0.717) is 51.4 Å². The molecule has 4 aliphatic rings. The van der Waals surface area contributed by atoms with E-state index in [0.717, 1.165) is 11.1 Å². The molecular formula is C44H67NO11. The van der Waals surface area contributed by atoms with E-state index in [4.69, 9.17) is 18.9 Å². The lowest BCUT2D eigenvalue weighted by molar-refractivity contribution is -0.302. The van der Waals surface area contributed by atoms with Crippen molar-refractivity contribution in [1.82, 2.24) is 4.90 Å². The van der Waals surface area contributed by atoms with Crippen LogP contribution in [-0.4, -0.2) is 113 Å². The average molecular weight is 786 g/mol. The SMILES string of the molecule is C=CC[C@@H]1/C=C(\C)C[C@H](C)C[C@H](OC)[C@H]2O[C@@](O)(C(=O)C(=O)N3CCCC[C@H]3C(=O)O[C@H](/C(C)=C/[C@@H]3CC[C@@H](O)[C@H](CO)C3)[C@@H](C)/C=C/C1=O)[C@H](C)C[C@@H]2OC. The van der Waals surface area contributed by atoms with Crippen molar-refractivity contribution in [3.63, 3.8) is 0 Å². The number of hydrogen-bond acceptors (Lipinski definition) is 11. The molecule has 1 aliphatic carbocycles. The minimum atomic E-state index is -2.49. The lowest BCUT2D eigenvalue weighted by Crippen LogP contribution is -2.64. The van der Waals surface area contributed by atoms with E-state index in [9.17, 15) is 34.5 Å². The number of cyclic esters (lactones) is 1. The number of methoxy groups -OCH3 is 2. The molecule has 0 aromatic rings. The molecule has 0 aromatic heterocycles. The third-order valence-corrected chi connectivity index (χ3v) is 12.5. The Morgan fingerprint density at radius 3 is 2.39 bits per heavy atom. The van der Waals surface area contributed by atoms with Crippen molar-refractivity contribution in [3.05, 3.63) is 48.1 Å². The molecule has 1 amide bonds. The molecule has 3 aliphatic heterocycles. The summed E-state index contributed by atoms with van der Waals surface area (Å²) < 4.78 is 24.2. The Balaban J connectivity index is 1.78. The van der Waals surface area contributed by atoms with Gasteiger partial charge in [0.25, 0.3) is 11.7 Å². The number of hydrogen-bond donors (Lipinski definition) is 3. The fourth-order valence-corrected chi connectivity index (χ4v) is 9.21. The van der Waals surface area contributed by atoms with Crippen LogP contribution >= 0.6 is 0 Å². The van der Waals surface area contributed by atoms with Crippen LogP contribution in [0.5, 0.6) is 0 Å². The molecule has 12 heteroatoms. The van der Waals surface area contributed by atoms with Crippen LogP contribution < -0.4 is 0 Å². The van der Waals surface area contributed by atoms with Gasteiger partial charge >= 0.3 is 5.97 Å². The fourth-order valence-electron chi connectivity index (χ4n) is 9.21. The summed E-state index contributed by atoms with van der Waals surface area (Å²) in [5, 5.41) is 32.3. The van der Waals surface area contributed by atoms with Crippen molar-refractivity contribution in [2.45, 2.75) is 141 Å². The number of nitrogens with zero attached hydrogens (tertiary/aromatic N) is 1. The van der Waals surface area contributed by atoms with Gasteiger partial charge in [-0.1, -0.05) is 50.6 Å². The highest BCUT2D eigenvalue weighted by molar-refractivity contribution is 6.39. The zero-order valence-corrected chi connectivity index (χ0v) is 34.6. The van der Waals surface area contributed by atoms with Gasteiger partial charge in [0, 0.05) is 51.0 Å². The first kappa shape index (κ1) is 45.7. The molecule has 0 unspecified atom stereocenters. The maximum absolute atomic E-state index is 14.2. The number of aliphatic hydroxyl groups excluding tert-OH is 2. The molecule has 2 saturated heterocycles. The van der Waals surface area contributed by atoms with Gasteiger partial charge in [-0.3, -0.25) is 14.4 Å². The molecule has 2 bridgehead atoms. The van der Waals surface area contributed by atoms with Crippen LogP contribution in [0.2, 0.25) is 0 Å². The number of allylic oxidation sites excluding steroid dienone is 5. The van der Waals surface area contributed by atoms with Crippen molar-refractivity contribution >= 4 is 23.4 Å². The highest BCUT2D eigenvalue weighted by atomic mass is 16.7. The van der Waals surface area contributed by atoms with Crippen molar-refractivity contribution < 1.29 is 53.4 Å². The van der Waals surface area contributed by atoms with E-state index in [1.807, 2.05) is 32.9 Å². The molecule has 4 rings (SSSR count). The standard InChI is InChI=1S/C44H67NO11/c1-9-12-32-20-26(2)19-27(3)21-37(53-7)40-38(54-8)23-30(6)44(52,56-40)41(49)42(50)45-18-11-10-13-34(45)43(51)55-39(28(4)14-16-35(32)47)29(5)22-31-15-17-36(48)33(24-31)25-46/h9,14,16,20,22,27-28,30-34,36-40,46,48,52H,1,10-13,15,17-19,21,23-25H2,2-8H3/b16-14+,26-20+,29-22+/t27-,28-,30+,31-,32+,33-,34-,36+,37-,38-,39-,40+,44+/m0/s1. The number of piperidine rings is 1. The first-order valence-electron chi connectivity index (χ1n) is 20.6. The van der Waals surface area contributed by atoms with Gasteiger partial charge < -0.3 is 39.2 Å². The molecule has 314 valence electrons. The van der Waals surface area contributed by atoms with Gasteiger partial charge in [0.1, 0.15) is 18.2 Å². The predicted molar refractivity (Wildman–Crippen MR) is 211 cm³/mol. The highest BCUT2D eigenvalue weighted by Gasteiger charge is 2.56. The summed E-state index contributed by atoms with van der Waals surface area (Å²) in [6, 6.07) is -1.09. The highest BCUT2D eigenvalue weighted by Crippen LogP contribution is 2.39. The third kappa shape index (κ3) is 10.9. The molecule has 0 spiro atoms. The number of ether oxygens (including phenoxy) is 4. The Labute approximate surface area is 333 Å². The van der Waals surface area contributed by atoms with Gasteiger partial charge in [0.2, 0.25) is 5.79 Å². The Morgan fingerprint density at radius 1 is 1.04 bits per heavy atom. The first-order valence-corrected chi connectivity index (χ1v) is 20.6. The number of aliphatic hydroxyl groups is 3. The zero-order valence-electron chi connectivity index (χ0n) is 34.6. The summed E-state index contributed by atoms with van der Waals surface area (Å²) in [6.45, 7) is 13.3. The van der Waals surface area contributed by atoms with Gasteiger partial charge in [-0.2, -0.15) is 0 Å². The molecule has 0 radical (unpaired) electrons. The van der Waals surface area contributed by atoms with E-state index in [1.54, 1.807) is 25.2 Å². The summed E-state index contributed by atoms with van der Waals surface area (Å²) in [5.74, 6) is -7.39. The van der Waals surface area contributed by atoms with Crippen LogP contribution in [0.1, 0.15) is 98.8 Å². The number of amides is 1. The van der Waals surface area contributed by atoms with Crippen LogP contribution in [0.25, 0.3) is 0 Å². The Hall–Kier alpha value is -3.00. The summed E-state index contributed by atoms with van der Waals surface area (Å²) in [6.07, 6.45) is 10.6. The Kier molecular flexibility index (Phi) is 16.8. The van der Waals surface area contributed by atoms with Crippen LogP contribution in [0.15, 0.2) is 48.1 Å². The van der Waals surface area contributed by atoms with Crippen LogP contribution in [0.4, 0.5) is 0 Å². The van der Waals surface area contributed by atoms with E-state index < -0.39 is 77.8 Å². The minimum Gasteiger partial charge on any atom is -0.456 e. The number of Topliss-reactive ketones (excluding diaryl/α,β-unsaturated/α-hetero) is 1. The minimum absolute atomic E-state index is 0.0209. The molecule has 3 N–H and O–H groups in total. The van der Waals surface area contributed by atoms with Crippen LogP contribution in [-0.2, 0) is 38.1 Å². The zero-order chi connectivity index (χ0) is 41.3. The topological polar surface area (TPSA) is 169 Å². The number of carbonyl (C=O) groups is 4. The van der Waals surface area contributed by atoms with E-state index in [1.165, 1.54) is 19.1 Å². The third-order valence-electron chi connectivity index (χ3n) is 12.5. The molecular weight excluding hydrogens is 718 g/mol. The van der Waals surface area contributed by atoms with Gasteiger partial charge in [-0.15, -0.1) is 6.58 Å². The first-order chi connectivity index (χ1) is 26.6. The molecule has 56 heavy (non-hydrogen) atoms. The van der Waals surface area contributed by atoms with Crippen molar-refractivity contribution in [1.29, 1.82) is 0 Å². The van der Waals surface area contributed by atoms with Gasteiger partial charge in [-0.05, 0) is 102 Å². The molecule has 3 heterocycles. The van der Waals surface area contributed by atoms with Crippen molar-refractivity contribution in [2.75, 3.05) is 27.4 Å². The average Bonchev–Trinajstić information content (AvgIpc) is 3.18. The second kappa shape index (κ2) is 20.6. The summed E-state index contributed by atoms with van der Waals surface area (Å²) >= 11 is 0. The normalized spacial score (nSPS) is 40.4. The number of rotatable bonds is 7. The number of carbonyl (C=O) groups excluding carboxylic acids is 4. The van der Waals surface area contributed by atoms with E-state index >= 15 is 0 Å². The van der Waals surface area contributed by atoms with Crippen molar-refractivity contribution in [3.8, 4) is 0 Å². The number of esters is 1. The largest absolute Gasteiger partial charge is 0.456 e. The summed E-state index contributed by atoms with van der Waals surface area (Å²) in [7, 11) is 3.07.